The SMILES string of the molecule is CC(C)C(C(=O)O)c1nc2ccccc2n1C. The Hall–Kier alpha value is -1.84. The predicted molar refractivity (Wildman–Crippen MR) is 65.9 cm³/mol. The summed E-state index contributed by atoms with van der Waals surface area (Å²) in [5.74, 6) is -0.748. The molecule has 17 heavy (non-hydrogen) atoms. The van der Waals surface area contributed by atoms with Gasteiger partial charge in [-0.25, -0.2) is 4.98 Å². The van der Waals surface area contributed by atoms with E-state index in [0.29, 0.717) is 5.82 Å². The number of hydrogen-bond acceptors (Lipinski definition) is 2. The van der Waals surface area contributed by atoms with Gasteiger partial charge in [-0.3, -0.25) is 4.79 Å². The first-order chi connectivity index (χ1) is 8.02. The molecule has 0 fully saturated rings. The third-order valence-corrected chi connectivity index (χ3v) is 3.03. The highest BCUT2D eigenvalue weighted by Crippen LogP contribution is 2.26. The molecule has 1 unspecified atom stereocenters. The number of rotatable bonds is 3. The van der Waals surface area contributed by atoms with Gasteiger partial charge in [0.25, 0.3) is 0 Å². The molecule has 0 saturated carbocycles. The largest absolute Gasteiger partial charge is 0.481 e. The van der Waals surface area contributed by atoms with Gasteiger partial charge in [-0.05, 0) is 18.1 Å². The lowest BCUT2D eigenvalue weighted by molar-refractivity contribution is -0.140. The maximum atomic E-state index is 11.3. The molecule has 4 heteroatoms. The van der Waals surface area contributed by atoms with Crippen LogP contribution in [-0.2, 0) is 11.8 Å². The highest BCUT2D eigenvalue weighted by Gasteiger charge is 2.28. The number of nitrogens with zero attached hydrogens (tertiary/aromatic N) is 2. The van der Waals surface area contributed by atoms with Gasteiger partial charge in [-0.2, -0.15) is 0 Å². The van der Waals surface area contributed by atoms with Crippen molar-refractivity contribution in [1.29, 1.82) is 0 Å². The van der Waals surface area contributed by atoms with Gasteiger partial charge in [0, 0.05) is 7.05 Å². The summed E-state index contributed by atoms with van der Waals surface area (Å²) in [6, 6.07) is 7.69. The van der Waals surface area contributed by atoms with Crippen LogP contribution in [0.2, 0.25) is 0 Å². The molecule has 4 nitrogen and oxygen atoms in total. The fourth-order valence-electron chi connectivity index (χ4n) is 2.14. The first kappa shape index (κ1) is 11.6. The number of fused-ring (bicyclic) bond motifs is 1. The number of aliphatic carboxylic acids is 1. The lowest BCUT2D eigenvalue weighted by Gasteiger charge is -2.15. The van der Waals surface area contributed by atoms with Crippen LogP contribution >= 0.6 is 0 Å². The molecule has 0 bridgehead atoms. The third kappa shape index (κ3) is 1.90. The zero-order valence-electron chi connectivity index (χ0n) is 10.2. The lowest BCUT2D eigenvalue weighted by Crippen LogP contribution is -2.21. The lowest BCUT2D eigenvalue weighted by atomic mass is 9.95. The van der Waals surface area contributed by atoms with Crippen LogP contribution in [0.15, 0.2) is 24.3 Å². The van der Waals surface area contributed by atoms with E-state index in [1.807, 2.05) is 49.7 Å². The number of benzene rings is 1. The molecule has 0 radical (unpaired) electrons. The van der Waals surface area contributed by atoms with Crippen molar-refractivity contribution < 1.29 is 9.90 Å². The Morgan fingerprint density at radius 2 is 2.00 bits per heavy atom. The molecule has 0 amide bonds. The van der Waals surface area contributed by atoms with Crippen molar-refractivity contribution in [2.75, 3.05) is 0 Å². The first-order valence-electron chi connectivity index (χ1n) is 5.66. The smallest absolute Gasteiger partial charge is 0.314 e. The Morgan fingerprint density at radius 3 is 2.53 bits per heavy atom. The number of para-hydroxylation sites is 2. The summed E-state index contributed by atoms with van der Waals surface area (Å²) in [6.45, 7) is 3.80. The molecular weight excluding hydrogens is 216 g/mol. The number of carbonyl (C=O) groups is 1. The van der Waals surface area contributed by atoms with E-state index in [1.54, 1.807) is 0 Å². The van der Waals surface area contributed by atoms with Gasteiger partial charge in [0.15, 0.2) is 0 Å². The number of hydrogen-bond donors (Lipinski definition) is 1. The maximum absolute atomic E-state index is 11.3. The second-order valence-electron chi connectivity index (χ2n) is 4.58. The van der Waals surface area contributed by atoms with Crippen LogP contribution in [0, 0.1) is 5.92 Å². The van der Waals surface area contributed by atoms with E-state index in [4.69, 9.17) is 0 Å². The van der Waals surface area contributed by atoms with E-state index in [2.05, 4.69) is 4.98 Å². The standard InChI is InChI=1S/C13H16N2O2/c1-8(2)11(13(16)17)12-14-9-6-4-5-7-10(9)15(12)3/h4-8,11H,1-3H3,(H,16,17). The van der Waals surface area contributed by atoms with Crippen molar-refractivity contribution in [3.05, 3.63) is 30.1 Å². The molecule has 0 aliphatic carbocycles. The number of aromatic nitrogens is 2. The summed E-state index contributed by atoms with van der Waals surface area (Å²) in [5, 5.41) is 9.29. The zero-order valence-corrected chi connectivity index (χ0v) is 10.2. The number of carboxylic acids is 1. The summed E-state index contributed by atoms with van der Waals surface area (Å²) in [5.41, 5.74) is 1.81. The van der Waals surface area contributed by atoms with E-state index in [0.717, 1.165) is 11.0 Å². The summed E-state index contributed by atoms with van der Waals surface area (Å²) in [6.07, 6.45) is 0. The predicted octanol–water partition coefficient (Wildman–Crippen LogP) is 2.40. The second-order valence-corrected chi connectivity index (χ2v) is 4.58. The van der Waals surface area contributed by atoms with Gasteiger partial charge < -0.3 is 9.67 Å². The molecule has 1 atom stereocenters. The number of carboxylic acid groups (broad SMARTS) is 1. The van der Waals surface area contributed by atoms with Crippen molar-refractivity contribution in [3.8, 4) is 0 Å². The van der Waals surface area contributed by atoms with Crippen LogP contribution in [0.4, 0.5) is 0 Å². The summed E-state index contributed by atoms with van der Waals surface area (Å²) in [4.78, 5) is 15.8. The maximum Gasteiger partial charge on any atom is 0.314 e. The Labute approximate surface area is 99.9 Å². The monoisotopic (exact) mass is 232 g/mol. The molecule has 90 valence electrons. The van der Waals surface area contributed by atoms with Gasteiger partial charge in [0.2, 0.25) is 0 Å². The van der Waals surface area contributed by atoms with Gasteiger partial charge in [0.1, 0.15) is 11.7 Å². The van der Waals surface area contributed by atoms with Crippen LogP contribution < -0.4 is 0 Å². The van der Waals surface area contributed by atoms with E-state index in [9.17, 15) is 9.90 Å². The highest BCUT2D eigenvalue weighted by molar-refractivity contribution is 5.80. The number of aryl methyl sites for hydroxylation is 1. The molecule has 2 rings (SSSR count). The van der Waals surface area contributed by atoms with Gasteiger partial charge in [-0.15, -0.1) is 0 Å². The van der Waals surface area contributed by atoms with Crippen LogP contribution in [0.25, 0.3) is 11.0 Å². The molecule has 2 aromatic rings. The first-order valence-corrected chi connectivity index (χ1v) is 5.66. The summed E-state index contributed by atoms with van der Waals surface area (Å²) < 4.78 is 1.87. The van der Waals surface area contributed by atoms with Crippen LogP contribution in [0.3, 0.4) is 0 Å². The topological polar surface area (TPSA) is 55.1 Å². The minimum Gasteiger partial charge on any atom is -0.481 e. The van der Waals surface area contributed by atoms with E-state index < -0.39 is 11.9 Å². The fourth-order valence-corrected chi connectivity index (χ4v) is 2.14. The molecule has 1 N–H and O–H groups in total. The van der Waals surface area contributed by atoms with Gasteiger partial charge >= 0.3 is 5.97 Å². The Kier molecular flexibility index (Phi) is 2.88. The number of imidazole rings is 1. The molecule has 1 heterocycles. The fraction of sp³-hybridized carbons (Fsp3) is 0.385. The average molecular weight is 232 g/mol. The van der Waals surface area contributed by atoms with Crippen LogP contribution in [-0.4, -0.2) is 20.6 Å². The van der Waals surface area contributed by atoms with E-state index in [-0.39, 0.29) is 5.92 Å². The quantitative estimate of drug-likeness (QED) is 0.884. The average Bonchev–Trinajstić information content (AvgIpc) is 2.56. The Balaban J connectivity index is 2.61. The molecule has 1 aromatic carbocycles. The highest BCUT2D eigenvalue weighted by atomic mass is 16.4. The summed E-state index contributed by atoms with van der Waals surface area (Å²) in [7, 11) is 1.86. The van der Waals surface area contributed by atoms with Crippen molar-refractivity contribution >= 4 is 17.0 Å². The minimum absolute atomic E-state index is 0.0167. The van der Waals surface area contributed by atoms with Crippen LogP contribution in [0.1, 0.15) is 25.6 Å². The van der Waals surface area contributed by atoms with E-state index >= 15 is 0 Å². The zero-order chi connectivity index (χ0) is 12.6. The van der Waals surface area contributed by atoms with Crippen LogP contribution in [0.5, 0.6) is 0 Å². The van der Waals surface area contributed by atoms with E-state index in [1.165, 1.54) is 0 Å². The minimum atomic E-state index is -0.821. The molecule has 1 aromatic heterocycles. The van der Waals surface area contributed by atoms with Crippen molar-refractivity contribution in [2.24, 2.45) is 13.0 Å². The molecule has 0 spiro atoms. The third-order valence-electron chi connectivity index (χ3n) is 3.03. The second kappa shape index (κ2) is 4.20. The Bertz CT molecular complexity index is 558. The summed E-state index contributed by atoms with van der Waals surface area (Å²) >= 11 is 0. The van der Waals surface area contributed by atoms with Gasteiger partial charge in [-0.1, -0.05) is 26.0 Å². The van der Waals surface area contributed by atoms with Crippen molar-refractivity contribution in [3.63, 3.8) is 0 Å². The molecule has 0 aliphatic rings. The van der Waals surface area contributed by atoms with Crippen molar-refractivity contribution in [1.82, 2.24) is 9.55 Å². The molecule has 0 aliphatic heterocycles. The van der Waals surface area contributed by atoms with Crippen molar-refractivity contribution in [2.45, 2.75) is 19.8 Å². The Morgan fingerprint density at radius 1 is 1.35 bits per heavy atom. The molecule has 0 saturated heterocycles. The van der Waals surface area contributed by atoms with Gasteiger partial charge in [0.05, 0.1) is 11.0 Å². The normalized spacial score (nSPS) is 13.2. The molecular formula is C13H16N2O2.